The Kier molecular flexibility index (Phi) is 4.38. The Morgan fingerprint density at radius 1 is 1.38 bits per heavy atom. The van der Waals surface area contributed by atoms with Crippen molar-refractivity contribution < 1.29 is 17.9 Å². The summed E-state index contributed by atoms with van der Waals surface area (Å²) in [5.41, 5.74) is 11.4. The average Bonchev–Trinajstić information content (AvgIpc) is 2.47. The number of methoxy groups -OCH3 is 1. The molecule has 2 rings (SSSR count). The molecule has 4 N–H and O–H groups in total. The number of ether oxygens (including phenoxy) is 1. The van der Waals surface area contributed by atoms with Gasteiger partial charge in [0.15, 0.2) is 0 Å². The number of piperidine rings is 1. The SMILES string of the molecule is COc1cc(S(=O)(=O)N2CCCCC2C(N)=O)ccc1N. The summed E-state index contributed by atoms with van der Waals surface area (Å²) in [7, 11) is -2.40. The molecule has 0 aliphatic carbocycles. The molecule has 1 aromatic carbocycles. The van der Waals surface area contributed by atoms with Crippen molar-refractivity contribution in [1.29, 1.82) is 0 Å². The van der Waals surface area contributed by atoms with E-state index in [1.54, 1.807) is 0 Å². The highest BCUT2D eigenvalue weighted by Gasteiger charge is 2.36. The van der Waals surface area contributed by atoms with Crippen molar-refractivity contribution in [1.82, 2.24) is 4.31 Å². The van der Waals surface area contributed by atoms with Crippen molar-refractivity contribution in [3.05, 3.63) is 18.2 Å². The van der Waals surface area contributed by atoms with Gasteiger partial charge in [-0.25, -0.2) is 8.42 Å². The van der Waals surface area contributed by atoms with Gasteiger partial charge in [0.05, 0.1) is 17.7 Å². The lowest BCUT2D eigenvalue weighted by Crippen LogP contribution is -2.50. The Hall–Kier alpha value is -1.80. The highest BCUT2D eigenvalue weighted by atomic mass is 32.2. The lowest BCUT2D eigenvalue weighted by Gasteiger charge is -2.32. The summed E-state index contributed by atoms with van der Waals surface area (Å²) >= 11 is 0. The Labute approximate surface area is 123 Å². The number of amides is 1. The molecule has 7 nitrogen and oxygen atoms in total. The normalized spacial score (nSPS) is 20.1. The molecule has 1 aromatic rings. The monoisotopic (exact) mass is 313 g/mol. The topological polar surface area (TPSA) is 116 Å². The molecule has 1 fully saturated rings. The van der Waals surface area contributed by atoms with Gasteiger partial charge in [-0.1, -0.05) is 6.42 Å². The van der Waals surface area contributed by atoms with Crippen LogP contribution in [0.1, 0.15) is 19.3 Å². The molecule has 116 valence electrons. The molecule has 1 unspecified atom stereocenters. The number of anilines is 1. The predicted molar refractivity (Wildman–Crippen MR) is 78.1 cm³/mol. The van der Waals surface area contributed by atoms with Gasteiger partial charge >= 0.3 is 0 Å². The summed E-state index contributed by atoms with van der Waals surface area (Å²) in [6.45, 7) is 0.280. The zero-order valence-electron chi connectivity index (χ0n) is 11.8. The van der Waals surface area contributed by atoms with Gasteiger partial charge in [0.25, 0.3) is 0 Å². The van der Waals surface area contributed by atoms with Crippen LogP contribution >= 0.6 is 0 Å². The van der Waals surface area contributed by atoms with Gasteiger partial charge in [0, 0.05) is 12.6 Å². The molecule has 0 spiro atoms. The quantitative estimate of drug-likeness (QED) is 0.776. The smallest absolute Gasteiger partial charge is 0.243 e. The maximum Gasteiger partial charge on any atom is 0.243 e. The number of nitrogens with zero attached hydrogens (tertiary/aromatic N) is 1. The highest BCUT2D eigenvalue weighted by molar-refractivity contribution is 7.89. The molecule has 0 aromatic heterocycles. The van der Waals surface area contributed by atoms with Crippen LogP contribution in [0.15, 0.2) is 23.1 Å². The number of nitrogens with two attached hydrogens (primary N) is 2. The second kappa shape index (κ2) is 5.90. The maximum absolute atomic E-state index is 12.7. The zero-order chi connectivity index (χ0) is 15.6. The molecule has 1 aliphatic rings. The van der Waals surface area contributed by atoms with Crippen LogP contribution in [0, 0.1) is 0 Å². The van der Waals surface area contributed by atoms with Crippen molar-refractivity contribution in [2.45, 2.75) is 30.2 Å². The Morgan fingerprint density at radius 3 is 2.71 bits per heavy atom. The van der Waals surface area contributed by atoms with Gasteiger partial charge in [0.2, 0.25) is 15.9 Å². The molecule has 0 bridgehead atoms. The third-order valence-corrected chi connectivity index (χ3v) is 5.50. The van der Waals surface area contributed by atoms with E-state index < -0.39 is 22.0 Å². The second-order valence-corrected chi connectivity index (χ2v) is 6.82. The number of hydrogen-bond donors (Lipinski definition) is 2. The third kappa shape index (κ3) is 2.96. The van der Waals surface area contributed by atoms with Crippen molar-refractivity contribution in [3.8, 4) is 5.75 Å². The van der Waals surface area contributed by atoms with E-state index in [0.717, 1.165) is 6.42 Å². The number of sulfonamides is 1. The molecule has 0 saturated carbocycles. The Balaban J connectivity index is 2.42. The van der Waals surface area contributed by atoms with E-state index in [1.165, 1.54) is 29.6 Å². The molecular formula is C13H19N3O4S. The van der Waals surface area contributed by atoms with E-state index in [2.05, 4.69) is 0 Å². The standard InChI is InChI=1S/C13H19N3O4S/c1-20-12-8-9(5-6-10(12)14)21(18,19)16-7-3-2-4-11(16)13(15)17/h5-6,8,11H,2-4,7,14H2,1H3,(H2,15,17). The summed E-state index contributed by atoms with van der Waals surface area (Å²) in [5.74, 6) is -0.343. The summed E-state index contributed by atoms with van der Waals surface area (Å²) in [6.07, 6.45) is 1.93. The van der Waals surface area contributed by atoms with Crippen molar-refractivity contribution in [3.63, 3.8) is 0 Å². The first-order valence-electron chi connectivity index (χ1n) is 6.62. The number of benzene rings is 1. The van der Waals surface area contributed by atoms with Gasteiger partial charge in [-0.3, -0.25) is 4.79 Å². The largest absolute Gasteiger partial charge is 0.495 e. The lowest BCUT2D eigenvalue weighted by atomic mass is 10.0. The second-order valence-electron chi connectivity index (χ2n) is 4.93. The van der Waals surface area contributed by atoms with Crippen LogP contribution in [-0.2, 0) is 14.8 Å². The molecule has 21 heavy (non-hydrogen) atoms. The number of primary amides is 1. The van der Waals surface area contributed by atoms with E-state index in [-0.39, 0.29) is 17.2 Å². The van der Waals surface area contributed by atoms with Gasteiger partial charge in [-0.05, 0) is 25.0 Å². The molecule has 1 aliphatic heterocycles. The molecular weight excluding hydrogens is 294 g/mol. The Morgan fingerprint density at radius 2 is 2.10 bits per heavy atom. The lowest BCUT2D eigenvalue weighted by molar-refractivity contribution is -0.122. The third-order valence-electron chi connectivity index (χ3n) is 3.59. The number of hydrogen-bond acceptors (Lipinski definition) is 5. The van der Waals surface area contributed by atoms with E-state index >= 15 is 0 Å². The summed E-state index contributed by atoms with van der Waals surface area (Å²) in [4.78, 5) is 11.5. The average molecular weight is 313 g/mol. The van der Waals surface area contributed by atoms with Gasteiger partial charge in [-0.15, -0.1) is 0 Å². The molecule has 0 radical (unpaired) electrons. The van der Waals surface area contributed by atoms with Crippen LogP contribution in [0.5, 0.6) is 5.75 Å². The van der Waals surface area contributed by atoms with Crippen LogP contribution in [0.3, 0.4) is 0 Å². The molecule has 1 amide bonds. The fourth-order valence-electron chi connectivity index (χ4n) is 2.46. The molecule has 1 atom stereocenters. The fraction of sp³-hybridized carbons (Fsp3) is 0.462. The van der Waals surface area contributed by atoms with Gasteiger partial charge in [-0.2, -0.15) is 4.31 Å². The summed E-state index contributed by atoms with van der Waals surface area (Å²) in [5, 5.41) is 0. The minimum absolute atomic E-state index is 0.0432. The van der Waals surface area contributed by atoms with Crippen molar-refractivity contribution in [2.75, 3.05) is 19.4 Å². The van der Waals surface area contributed by atoms with Crippen LogP contribution < -0.4 is 16.2 Å². The van der Waals surface area contributed by atoms with Crippen molar-refractivity contribution >= 4 is 21.6 Å². The minimum atomic E-state index is -3.81. The van der Waals surface area contributed by atoms with Crippen molar-refractivity contribution in [2.24, 2.45) is 5.73 Å². The highest BCUT2D eigenvalue weighted by Crippen LogP contribution is 2.29. The molecule has 8 heteroatoms. The zero-order valence-corrected chi connectivity index (χ0v) is 12.6. The predicted octanol–water partition coefficient (Wildman–Crippen LogP) is 0.306. The number of rotatable bonds is 4. The fourth-order valence-corrected chi connectivity index (χ4v) is 4.14. The van der Waals surface area contributed by atoms with Gasteiger partial charge in [0.1, 0.15) is 11.8 Å². The molecule has 1 heterocycles. The van der Waals surface area contributed by atoms with Crippen LogP contribution in [0.4, 0.5) is 5.69 Å². The first-order valence-corrected chi connectivity index (χ1v) is 8.06. The minimum Gasteiger partial charge on any atom is -0.495 e. The number of carbonyl (C=O) groups is 1. The van der Waals surface area contributed by atoms with E-state index in [0.29, 0.717) is 18.5 Å². The van der Waals surface area contributed by atoms with Crippen LogP contribution in [-0.4, -0.2) is 38.3 Å². The first-order chi connectivity index (χ1) is 9.87. The van der Waals surface area contributed by atoms with Crippen LogP contribution in [0.25, 0.3) is 0 Å². The van der Waals surface area contributed by atoms with E-state index in [4.69, 9.17) is 16.2 Å². The number of nitrogen functional groups attached to an aromatic ring is 1. The van der Waals surface area contributed by atoms with E-state index in [9.17, 15) is 13.2 Å². The molecule has 1 saturated heterocycles. The summed E-state index contributed by atoms with van der Waals surface area (Å²) in [6, 6.07) is 3.43. The van der Waals surface area contributed by atoms with Crippen LogP contribution in [0.2, 0.25) is 0 Å². The first kappa shape index (κ1) is 15.6. The maximum atomic E-state index is 12.7. The number of carbonyl (C=O) groups excluding carboxylic acids is 1. The van der Waals surface area contributed by atoms with E-state index in [1.807, 2.05) is 0 Å². The Bertz CT molecular complexity index is 645. The summed E-state index contributed by atoms with van der Waals surface area (Å²) < 4.78 is 31.6. The van der Waals surface area contributed by atoms with Gasteiger partial charge < -0.3 is 16.2 Å².